The Morgan fingerprint density at radius 3 is 2.75 bits per heavy atom. The normalized spacial score (nSPS) is 11.8. The summed E-state index contributed by atoms with van der Waals surface area (Å²) in [6.45, 7) is 6.55. The molecule has 0 spiro atoms. The summed E-state index contributed by atoms with van der Waals surface area (Å²) in [5, 5.41) is 16.1. The zero-order valence-electron chi connectivity index (χ0n) is 14.3. The van der Waals surface area contributed by atoms with Gasteiger partial charge in [-0.2, -0.15) is 0 Å². The Hall–Kier alpha value is -2.53. The number of amides is 1. The minimum Gasteiger partial charge on any atom is -0.508 e. The molecule has 0 radical (unpaired) electrons. The van der Waals surface area contributed by atoms with Crippen LogP contribution in [0.3, 0.4) is 0 Å². The lowest BCUT2D eigenvalue weighted by Gasteiger charge is -2.16. The van der Waals surface area contributed by atoms with Crippen LogP contribution < -0.4 is 15.4 Å². The molecule has 2 rings (SSSR count). The van der Waals surface area contributed by atoms with E-state index in [1.807, 2.05) is 44.2 Å². The molecule has 2 aromatic rings. The van der Waals surface area contributed by atoms with E-state index in [1.165, 1.54) is 6.92 Å². The maximum Gasteiger partial charge on any atom is 0.221 e. The van der Waals surface area contributed by atoms with Crippen molar-refractivity contribution in [1.29, 1.82) is 0 Å². The smallest absolute Gasteiger partial charge is 0.221 e. The van der Waals surface area contributed by atoms with E-state index in [4.69, 9.17) is 4.74 Å². The molecule has 0 saturated carbocycles. The van der Waals surface area contributed by atoms with E-state index >= 15 is 0 Å². The Labute approximate surface area is 142 Å². The fourth-order valence-electron chi connectivity index (χ4n) is 2.43. The highest BCUT2D eigenvalue weighted by Crippen LogP contribution is 2.24. The second-order valence-electron chi connectivity index (χ2n) is 5.63. The zero-order valence-corrected chi connectivity index (χ0v) is 14.3. The van der Waals surface area contributed by atoms with E-state index in [-0.39, 0.29) is 17.7 Å². The van der Waals surface area contributed by atoms with Gasteiger partial charge in [-0.15, -0.1) is 0 Å². The number of phenols is 1. The van der Waals surface area contributed by atoms with E-state index in [9.17, 15) is 9.90 Å². The molecule has 1 atom stereocenters. The second-order valence-corrected chi connectivity index (χ2v) is 5.63. The van der Waals surface area contributed by atoms with E-state index in [1.54, 1.807) is 12.1 Å². The van der Waals surface area contributed by atoms with Gasteiger partial charge in [0.15, 0.2) is 0 Å². The van der Waals surface area contributed by atoms with Crippen molar-refractivity contribution in [1.82, 2.24) is 5.32 Å². The minimum absolute atomic E-state index is 0.0638. The molecule has 2 aromatic carbocycles. The van der Waals surface area contributed by atoms with Crippen LogP contribution in [0.2, 0.25) is 0 Å². The molecule has 0 aliphatic heterocycles. The number of anilines is 1. The first kappa shape index (κ1) is 17.8. The molecule has 1 amide bonds. The second kappa shape index (κ2) is 8.36. The minimum atomic E-state index is -0.0922. The third kappa shape index (κ3) is 4.99. The molecular formula is C19H24N2O3. The van der Waals surface area contributed by atoms with Gasteiger partial charge in [-0.1, -0.05) is 12.1 Å². The lowest BCUT2D eigenvalue weighted by Crippen LogP contribution is -2.18. The molecule has 5 nitrogen and oxygen atoms in total. The average Bonchev–Trinajstić information content (AvgIpc) is 2.55. The van der Waals surface area contributed by atoms with Crippen molar-refractivity contribution in [3.05, 3.63) is 53.6 Å². The molecular weight excluding hydrogens is 304 g/mol. The predicted molar refractivity (Wildman–Crippen MR) is 95.3 cm³/mol. The van der Waals surface area contributed by atoms with Gasteiger partial charge in [-0.05, 0) is 49.7 Å². The number of hydrogen-bond acceptors (Lipinski definition) is 4. The molecule has 128 valence electrons. The van der Waals surface area contributed by atoms with Gasteiger partial charge in [0.1, 0.15) is 11.5 Å². The van der Waals surface area contributed by atoms with Gasteiger partial charge in [0.2, 0.25) is 5.91 Å². The summed E-state index contributed by atoms with van der Waals surface area (Å²) >= 11 is 0. The summed E-state index contributed by atoms with van der Waals surface area (Å²) in [6.07, 6.45) is 0. The monoisotopic (exact) mass is 328 g/mol. The van der Waals surface area contributed by atoms with Crippen LogP contribution >= 0.6 is 0 Å². The van der Waals surface area contributed by atoms with Crippen molar-refractivity contribution in [3.63, 3.8) is 0 Å². The van der Waals surface area contributed by atoms with Gasteiger partial charge in [0, 0.05) is 30.8 Å². The summed E-state index contributed by atoms with van der Waals surface area (Å²) in [5.41, 5.74) is 2.61. The highest BCUT2D eigenvalue weighted by molar-refractivity contribution is 5.88. The van der Waals surface area contributed by atoms with Crippen LogP contribution in [0.25, 0.3) is 0 Å². The SMILES string of the molecule is CCOc1ccc(O)c(CNC(C)c2cccc(NC(C)=O)c2)c1. The topological polar surface area (TPSA) is 70.6 Å². The molecule has 3 N–H and O–H groups in total. The number of carbonyl (C=O) groups is 1. The number of ether oxygens (including phenoxy) is 1. The highest BCUT2D eigenvalue weighted by Gasteiger charge is 2.09. The number of nitrogens with one attached hydrogen (secondary N) is 2. The Morgan fingerprint density at radius 1 is 1.25 bits per heavy atom. The largest absolute Gasteiger partial charge is 0.508 e. The Kier molecular flexibility index (Phi) is 6.21. The first-order chi connectivity index (χ1) is 11.5. The van der Waals surface area contributed by atoms with Gasteiger partial charge in [0.25, 0.3) is 0 Å². The molecule has 0 heterocycles. The lowest BCUT2D eigenvalue weighted by molar-refractivity contribution is -0.114. The molecule has 0 fully saturated rings. The first-order valence-corrected chi connectivity index (χ1v) is 8.05. The fraction of sp³-hybridized carbons (Fsp3) is 0.316. The van der Waals surface area contributed by atoms with Crippen molar-refractivity contribution in [2.24, 2.45) is 0 Å². The molecule has 0 aliphatic carbocycles. The summed E-state index contributed by atoms with van der Waals surface area (Å²) in [5.74, 6) is 0.892. The summed E-state index contributed by atoms with van der Waals surface area (Å²) in [4.78, 5) is 11.2. The number of aromatic hydroxyl groups is 1. The summed E-state index contributed by atoms with van der Waals surface area (Å²) in [7, 11) is 0. The van der Waals surface area contributed by atoms with Gasteiger partial charge >= 0.3 is 0 Å². The summed E-state index contributed by atoms with van der Waals surface area (Å²) in [6, 6.07) is 13.0. The number of rotatable bonds is 7. The maximum atomic E-state index is 11.2. The van der Waals surface area contributed by atoms with Crippen LogP contribution in [-0.2, 0) is 11.3 Å². The quantitative estimate of drug-likeness (QED) is 0.726. The molecule has 0 bridgehead atoms. The van der Waals surface area contributed by atoms with E-state index in [0.717, 1.165) is 22.6 Å². The van der Waals surface area contributed by atoms with E-state index in [0.29, 0.717) is 13.2 Å². The van der Waals surface area contributed by atoms with Crippen molar-refractivity contribution < 1.29 is 14.6 Å². The van der Waals surface area contributed by atoms with Gasteiger partial charge in [-0.25, -0.2) is 0 Å². The number of carbonyl (C=O) groups excluding carboxylic acids is 1. The third-order valence-electron chi connectivity index (χ3n) is 3.67. The van der Waals surface area contributed by atoms with E-state index in [2.05, 4.69) is 10.6 Å². The Morgan fingerprint density at radius 2 is 2.04 bits per heavy atom. The van der Waals surface area contributed by atoms with Gasteiger partial charge in [0.05, 0.1) is 6.61 Å². The number of phenolic OH excluding ortho intramolecular Hbond substituents is 1. The van der Waals surface area contributed by atoms with Crippen LogP contribution in [0.4, 0.5) is 5.69 Å². The third-order valence-corrected chi connectivity index (χ3v) is 3.67. The fourth-order valence-corrected chi connectivity index (χ4v) is 2.43. The van der Waals surface area contributed by atoms with E-state index < -0.39 is 0 Å². The standard InChI is InChI=1S/C19H24N2O3/c1-4-24-18-8-9-19(23)16(11-18)12-20-13(2)15-6-5-7-17(10-15)21-14(3)22/h5-11,13,20,23H,4,12H2,1-3H3,(H,21,22). The molecule has 0 aromatic heterocycles. The zero-order chi connectivity index (χ0) is 17.5. The Bertz CT molecular complexity index is 701. The van der Waals surface area contributed by atoms with Crippen molar-refractivity contribution in [3.8, 4) is 11.5 Å². The predicted octanol–water partition coefficient (Wildman–Crippen LogP) is 3.60. The molecule has 5 heteroatoms. The van der Waals surface area contributed by atoms with Crippen LogP contribution in [0.1, 0.15) is 37.9 Å². The van der Waals surface area contributed by atoms with Crippen LogP contribution in [0.5, 0.6) is 11.5 Å². The maximum absolute atomic E-state index is 11.2. The van der Waals surface area contributed by atoms with Crippen LogP contribution in [0.15, 0.2) is 42.5 Å². The Balaban J connectivity index is 2.04. The van der Waals surface area contributed by atoms with Crippen molar-refractivity contribution in [2.45, 2.75) is 33.4 Å². The van der Waals surface area contributed by atoms with Gasteiger partial charge < -0.3 is 20.5 Å². The molecule has 0 saturated heterocycles. The number of benzene rings is 2. The molecule has 0 aliphatic rings. The van der Waals surface area contributed by atoms with Crippen LogP contribution in [-0.4, -0.2) is 17.6 Å². The molecule has 1 unspecified atom stereocenters. The lowest BCUT2D eigenvalue weighted by atomic mass is 10.1. The highest BCUT2D eigenvalue weighted by atomic mass is 16.5. The average molecular weight is 328 g/mol. The van der Waals surface area contributed by atoms with Gasteiger partial charge in [-0.3, -0.25) is 4.79 Å². The summed E-state index contributed by atoms with van der Waals surface area (Å²) < 4.78 is 5.47. The van der Waals surface area contributed by atoms with Crippen LogP contribution in [0, 0.1) is 0 Å². The van der Waals surface area contributed by atoms with Crippen molar-refractivity contribution >= 4 is 11.6 Å². The van der Waals surface area contributed by atoms with Crippen molar-refractivity contribution in [2.75, 3.05) is 11.9 Å². The molecule has 24 heavy (non-hydrogen) atoms. The number of hydrogen-bond donors (Lipinski definition) is 3. The first-order valence-electron chi connectivity index (χ1n) is 8.05.